The van der Waals surface area contributed by atoms with E-state index >= 15 is 0 Å². The van der Waals surface area contributed by atoms with E-state index in [1.165, 1.54) is 6.07 Å². The second kappa shape index (κ2) is 4.96. The molecule has 0 bridgehead atoms. The van der Waals surface area contributed by atoms with Crippen molar-refractivity contribution in [2.24, 2.45) is 0 Å². The van der Waals surface area contributed by atoms with Crippen molar-refractivity contribution in [1.29, 1.82) is 0 Å². The minimum atomic E-state index is -1.39. The molecule has 0 aromatic heterocycles. The maximum atomic E-state index is 13.6. The van der Waals surface area contributed by atoms with E-state index in [1.807, 2.05) is 7.05 Å². The molecule has 1 fully saturated rings. The Balaban J connectivity index is 2.25. The highest BCUT2D eigenvalue weighted by molar-refractivity contribution is 5.49. The molecule has 1 aliphatic heterocycles. The second-order valence-electron chi connectivity index (χ2n) is 4.27. The van der Waals surface area contributed by atoms with Gasteiger partial charge in [-0.15, -0.1) is 0 Å². The average molecular weight is 244 g/mol. The summed E-state index contributed by atoms with van der Waals surface area (Å²) >= 11 is 0. The maximum absolute atomic E-state index is 13.6. The first-order chi connectivity index (χ1) is 8.13. The van der Waals surface area contributed by atoms with Crippen LogP contribution in [0.4, 0.5) is 18.9 Å². The quantitative estimate of drug-likeness (QED) is 0.803. The summed E-state index contributed by atoms with van der Waals surface area (Å²) in [6, 6.07) is 2.53. The number of nitrogens with one attached hydrogen (secondary N) is 1. The molecular formula is C12H15F3N2. The number of rotatable bonds is 2. The molecule has 0 aliphatic carbocycles. The molecule has 1 saturated heterocycles. The first kappa shape index (κ1) is 12.2. The number of hydrogen-bond donors (Lipinski definition) is 1. The van der Waals surface area contributed by atoms with Gasteiger partial charge in [0.05, 0.1) is 5.69 Å². The Morgan fingerprint density at radius 2 is 2.00 bits per heavy atom. The van der Waals surface area contributed by atoms with Crippen LogP contribution in [0.15, 0.2) is 12.1 Å². The number of anilines is 1. The highest BCUT2D eigenvalue weighted by Gasteiger charge is 2.23. The van der Waals surface area contributed by atoms with E-state index in [9.17, 15) is 13.2 Å². The van der Waals surface area contributed by atoms with Crippen LogP contribution in [-0.4, -0.2) is 26.2 Å². The molecule has 17 heavy (non-hydrogen) atoms. The Morgan fingerprint density at radius 3 is 2.71 bits per heavy atom. The van der Waals surface area contributed by atoms with Crippen molar-refractivity contribution >= 4 is 5.69 Å². The fourth-order valence-electron chi connectivity index (χ4n) is 2.19. The summed E-state index contributed by atoms with van der Waals surface area (Å²) in [4.78, 5) is 1.75. The fraction of sp³-hybridized carbons (Fsp3) is 0.500. The monoisotopic (exact) mass is 244 g/mol. The number of halogens is 3. The summed E-state index contributed by atoms with van der Waals surface area (Å²) in [6.07, 6.45) is 1.92. The molecule has 2 nitrogen and oxygen atoms in total. The number of likely N-dealkylation sites (N-methyl/N-ethyl adjacent to an activating group) is 1. The first-order valence-electron chi connectivity index (χ1n) is 5.69. The standard InChI is InChI=1S/C12H15F3N2/c1-16-8-3-2-6-17(7-8)10-5-4-9(13)11(14)12(10)15/h4-5,8,16H,2-3,6-7H2,1H3. The molecule has 1 heterocycles. The van der Waals surface area contributed by atoms with Crippen LogP contribution in [0.1, 0.15) is 12.8 Å². The van der Waals surface area contributed by atoms with Gasteiger partial charge in [-0.1, -0.05) is 0 Å². The van der Waals surface area contributed by atoms with Crippen LogP contribution in [0.3, 0.4) is 0 Å². The van der Waals surface area contributed by atoms with Gasteiger partial charge < -0.3 is 10.2 Å². The lowest BCUT2D eigenvalue weighted by atomic mass is 10.0. The van der Waals surface area contributed by atoms with Gasteiger partial charge in [0.25, 0.3) is 0 Å². The summed E-state index contributed by atoms with van der Waals surface area (Å²) in [6.45, 7) is 1.28. The van der Waals surface area contributed by atoms with Crippen LogP contribution in [0, 0.1) is 17.5 Å². The molecule has 0 saturated carbocycles. The molecule has 1 aliphatic rings. The molecule has 1 aromatic rings. The first-order valence-corrected chi connectivity index (χ1v) is 5.69. The van der Waals surface area contributed by atoms with Gasteiger partial charge in [-0.25, -0.2) is 13.2 Å². The summed E-state index contributed by atoms with van der Waals surface area (Å²) < 4.78 is 39.6. The van der Waals surface area contributed by atoms with Gasteiger partial charge in [-0.3, -0.25) is 0 Å². The highest BCUT2D eigenvalue weighted by Crippen LogP contribution is 2.26. The second-order valence-corrected chi connectivity index (χ2v) is 4.27. The third-order valence-electron chi connectivity index (χ3n) is 3.19. The van der Waals surface area contributed by atoms with Gasteiger partial charge in [0.15, 0.2) is 17.5 Å². The number of piperidine rings is 1. The molecule has 1 N–H and O–H groups in total. The van der Waals surface area contributed by atoms with Gasteiger partial charge in [0, 0.05) is 19.1 Å². The summed E-state index contributed by atoms with van der Waals surface area (Å²) in [5.41, 5.74) is 0.142. The largest absolute Gasteiger partial charge is 0.368 e. The molecular weight excluding hydrogens is 229 g/mol. The zero-order valence-corrected chi connectivity index (χ0v) is 9.64. The number of benzene rings is 1. The minimum absolute atomic E-state index is 0.142. The Labute approximate surface area is 98.4 Å². The van der Waals surface area contributed by atoms with Crippen molar-refractivity contribution in [2.45, 2.75) is 18.9 Å². The zero-order chi connectivity index (χ0) is 12.4. The van der Waals surface area contributed by atoms with Crippen LogP contribution in [0.2, 0.25) is 0 Å². The van der Waals surface area contributed by atoms with Crippen LogP contribution >= 0.6 is 0 Å². The molecule has 1 atom stereocenters. The predicted molar refractivity (Wildman–Crippen MR) is 60.6 cm³/mol. The van der Waals surface area contributed by atoms with E-state index in [0.29, 0.717) is 13.1 Å². The lowest BCUT2D eigenvalue weighted by Gasteiger charge is -2.34. The molecule has 0 radical (unpaired) electrons. The maximum Gasteiger partial charge on any atom is 0.196 e. The Kier molecular flexibility index (Phi) is 3.57. The van der Waals surface area contributed by atoms with Crippen molar-refractivity contribution in [1.82, 2.24) is 5.32 Å². The van der Waals surface area contributed by atoms with Gasteiger partial charge in [0.1, 0.15) is 0 Å². The van der Waals surface area contributed by atoms with Crippen LogP contribution < -0.4 is 10.2 Å². The third-order valence-corrected chi connectivity index (χ3v) is 3.19. The topological polar surface area (TPSA) is 15.3 Å². The van der Waals surface area contributed by atoms with E-state index in [-0.39, 0.29) is 11.7 Å². The summed E-state index contributed by atoms with van der Waals surface area (Å²) in [7, 11) is 1.84. The Bertz CT molecular complexity index is 409. The molecule has 0 amide bonds. The van der Waals surface area contributed by atoms with Crippen molar-refractivity contribution in [2.75, 3.05) is 25.0 Å². The molecule has 0 spiro atoms. The van der Waals surface area contributed by atoms with E-state index in [2.05, 4.69) is 5.32 Å². The fourth-order valence-corrected chi connectivity index (χ4v) is 2.19. The van der Waals surface area contributed by atoms with Gasteiger partial charge >= 0.3 is 0 Å². The number of nitrogens with zero attached hydrogens (tertiary/aromatic N) is 1. The van der Waals surface area contributed by atoms with Gasteiger partial charge in [-0.05, 0) is 32.0 Å². The molecule has 5 heteroatoms. The number of hydrogen-bond acceptors (Lipinski definition) is 2. The van der Waals surface area contributed by atoms with Gasteiger partial charge in [0.2, 0.25) is 0 Å². The average Bonchev–Trinajstić information content (AvgIpc) is 2.36. The Morgan fingerprint density at radius 1 is 1.24 bits per heavy atom. The van der Waals surface area contributed by atoms with Crippen molar-refractivity contribution in [3.05, 3.63) is 29.6 Å². The van der Waals surface area contributed by atoms with Gasteiger partial charge in [-0.2, -0.15) is 0 Å². The smallest absolute Gasteiger partial charge is 0.196 e. The molecule has 1 aromatic carbocycles. The van der Waals surface area contributed by atoms with Crippen molar-refractivity contribution in [3.63, 3.8) is 0 Å². The van der Waals surface area contributed by atoms with Crippen molar-refractivity contribution < 1.29 is 13.2 Å². The van der Waals surface area contributed by atoms with E-state index in [1.54, 1.807) is 4.90 Å². The van der Waals surface area contributed by atoms with Crippen molar-refractivity contribution in [3.8, 4) is 0 Å². The lowest BCUT2D eigenvalue weighted by molar-refractivity contribution is 0.426. The SMILES string of the molecule is CNC1CCCN(c2ccc(F)c(F)c2F)C1. The van der Waals surface area contributed by atoms with E-state index < -0.39 is 17.5 Å². The molecule has 94 valence electrons. The lowest BCUT2D eigenvalue weighted by Crippen LogP contribution is -2.44. The van der Waals surface area contributed by atoms with Crippen LogP contribution in [0.5, 0.6) is 0 Å². The van der Waals surface area contributed by atoms with E-state index in [4.69, 9.17) is 0 Å². The Hall–Kier alpha value is -1.23. The summed E-state index contributed by atoms with van der Waals surface area (Å²) in [5.74, 6) is -3.63. The predicted octanol–water partition coefficient (Wildman–Crippen LogP) is 2.29. The third kappa shape index (κ3) is 2.39. The van der Waals surface area contributed by atoms with Crippen LogP contribution in [-0.2, 0) is 0 Å². The molecule has 2 rings (SSSR count). The normalized spacial score (nSPS) is 20.7. The molecule has 1 unspecified atom stereocenters. The zero-order valence-electron chi connectivity index (χ0n) is 9.64. The minimum Gasteiger partial charge on any atom is -0.368 e. The van der Waals surface area contributed by atoms with E-state index in [0.717, 1.165) is 18.9 Å². The van der Waals surface area contributed by atoms with Crippen LogP contribution in [0.25, 0.3) is 0 Å². The highest BCUT2D eigenvalue weighted by atomic mass is 19.2. The summed E-state index contributed by atoms with van der Waals surface area (Å²) in [5, 5.41) is 3.12.